The van der Waals surface area contributed by atoms with Crippen LogP contribution in [0, 0.1) is 18.8 Å². The molecule has 0 bridgehead atoms. The van der Waals surface area contributed by atoms with Crippen LogP contribution in [0.3, 0.4) is 0 Å². The zero-order chi connectivity index (χ0) is 24.1. The lowest BCUT2D eigenvalue weighted by Gasteiger charge is -2.24. The minimum absolute atomic E-state index is 0.310. The molecule has 2 heterocycles. The van der Waals surface area contributed by atoms with Gasteiger partial charge in [-0.3, -0.25) is 4.99 Å². The van der Waals surface area contributed by atoms with Gasteiger partial charge < -0.3 is 14.6 Å². The molecule has 176 valence electrons. The summed E-state index contributed by atoms with van der Waals surface area (Å²) in [5.74, 6) is 2.15. The largest absolute Gasteiger partial charge is 0.472 e. The van der Waals surface area contributed by atoms with Crippen molar-refractivity contribution in [1.29, 1.82) is 0 Å². The fraction of sp³-hybridized carbons (Fsp3) is 0.310. The van der Waals surface area contributed by atoms with Gasteiger partial charge >= 0.3 is 0 Å². The third kappa shape index (κ3) is 5.14. The fourth-order valence-corrected chi connectivity index (χ4v) is 4.42. The zero-order valence-electron chi connectivity index (χ0n) is 20.4. The second kappa shape index (κ2) is 10.6. The molecule has 0 aliphatic carbocycles. The summed E-state index contributed by atoms with van der Waals surface area (Å²) in [5, 5.41) is 0. The molecule has 2 unspecified atom stereocenters. The molecule has 0 saturated carbocycles. The quantitative estimate of drug-likeness (QED) is 0.204. The topological polar surface area (TPSA) is 77.5 Å². The van der Waals surface area contributed by atoms with Crippen LogP contribution < -0.4 is 5.73 Å². The number of aliphatic imine (C=N–C) groups is 1. The van der Waals surface area contributed by atoms with Crippen LogP contribution in [-0.2, 0) is 0 Å². The number of rotatable bonds is 9. The van der Waals surface area contributed by atoms with E-state index >= 15 is 0 Å². The van der Waals surface area contributed by atoms with Crippen LogP contribution in [-0.4, -0.2) is 10.7 Å². The van der Waals surface area contributed by atoms with E-state index in [9.17, 15) is 0 Å². The monoisotopic (exact) mass is 455 g/mol. The number of nitrogens with two attached hydrogens (primary N) is 1. The van der Waals surface area contributed by atoms with Gasteiger partial charge in [-0.05, 0) is 60.9 Å². The molecule has 0 saturated heterocycles. The highest BCUT2D eigenvalue weighted by atomic mass is 16.4. The van der Waals surface area contributed by atoms with Crippen LogP contribution in [0.2, 0.25) is 0 Å². The molecule has 0 aliphatic heterocycles. The molecule has 4 aromatic rings. The molecule has 0 aliphatic rings. The first-order chi connectivity index (χ1) is 16.5. The van der Waals surface area contributed by atoms with E-state index < -0.39 is 0 Å². The van der Waals surface area contributed by atoms with Gasteiger partial charge in [0.25, 0.3) is 0 Å². The first-order valence-corrected chi connectivity index (χ1v) is 12.0. The molecule has 5 heteroatoms. The van der Waals surface area contributed by atoms with Crippen LogP contribution in [0.25, 0.3) is 22.8 Å². The number of aromatic nitrogens is 1. The molecule has 2 aromatic carbocycles. The minimum Gasteiger partial charge on any atom is -0.472 e. The first kappa shape index (κ1) is 23.6. The molecule has 0 fully saturated rings. The van der Waals surface area contributed by atoms with Crippen molar-refractivity contribution >= 4 is 17.1 Å². The van der Waals surface area contributed by atoms with Crippen molar-refractivity contribution in [3.05, 3.63) is 78.4 Å². The van der Waals surface area contributed by atoms with Crippen molar-refractivity contribution in [2.75, 3.05) is 5.73 Å². The summed E-state index contributed by atoms with van der Waals surface area (Å²) in [6.45, 7) is 8.87. The molecular weight excluding hydrogens is 422 g/mol. The number of hydrogen-bond donors (Lipinski definition) is 1. The number of aryl methyl sites for hydroxylation is 1. The van der Waals surface area contributed by atoms with Crippen molar-refractivity contribution in [3.63, 3.8) is 0 Å². The van der Waals surface area contributed by atoms with E-state index in [-0.39, 0.29) is 0 Å². The van der Waals surface area contributed by atoms with E-state index in [1.807, 2.05) is 36.4 Å². The lowest BCUT2D eigenvalue weighted by atomic mass is 9.82. The highest BCUT2D eigenvalue weighted by Gasteiger charge is 2.23. The molecule has 0 spiro atoms. The Labute approximate surface area is 201 Å². The van der Waals surface area contributed by atoms with Gasteiger partial charge in [-0.15, -0.1) is 0 Å². The maximum atomic E-state index is 6.09. The Balaban J connectivity index is 1.71. The van der Waals surface area contributed by atoms with Gasteiger partial charge in [0.05, 0.1) is 30.1 Å². The van der Waals surface area contributed by atoms with Crippen molar-refractivity contribution < 1.29 is 8.83 Å². The molecule has 34 heavy (non-hydrogen) atoms. The highest BCUT2D eigenvalue weighted by Crippen LogP contribution is 2.33. The van der Waals surface area contributed by atoms with Gasteiger partial charge in [0, 0.05) is 28.3 Å². The normalized spacial score (nSPS) is 13.7. The van der Waals surface area contributed by atoms with Crippen molar-refractivity contribution in [1.82, 2.24) is 4.98 Å². The van der Waals surface area contributed by atoms with Gasteiger partial charge in [0.15, 0.2) is 5.76 Å². The molecule has 5 nitrogen and oxygen atoms in total. The molecule has 0 amide bonds. The summed E-state index contributed by atoms with van der Waals surface area (Å²) < 4.78 is 11.5. The van der Waals surface area contributed by atoms with E-state index in [0.29, 0.717) is 23.5 Å². The molecule has 2 aromatic heterocycles. The number of hydrogen-bond acceptors (Lipinski definition) is 5. The standard InChI is InChI=1S/C29H33N3O2/c1-5-7-21(6-2)20(4)28(24-14-15-33-18-24)32-26-16-23(9-8-19(26)3)29-31-17-27(34-29)22-10-12-25(30)13-11-22/h8-18,20-21H,5-7,30H2,1-4H3. The summed E-state index contributed by atoms with van der Waals surface area (Å²) in [6, 6.07) is 15.7. The summed E-state index contributed by atoms with van der Waals surface area (Å²) >= 11 is 0. The maximum absolute atomic E-state index is 6.09. The third-order valence-corrected chi connectivity index (χ3v) is 6.54. The van der Waals surface area contributed by atoms with Crippen LogP contribution in [0.1, 0.15) is 51.2 Å². The van der Waals surface area contributed by atoms with Crippen molar-refractivity contribution in [2.45, 2.75) is 47.0 Å². The van der Waals surface area contributed by atoms with Gasteiger partial charge in [-0.2, -0.15) is 0 Å². The highest BCUT2D eigenvalue weighted by molar-refractivity contribution is 6.03. The lowest BCUT2D eigenvalue weighted by molar-refractivity contribution is 0.394. The number of anilines is 1. The molecule has 0 radical (unpaired) electrons. The Kier molecular flexibility index (Phi) is 7.31. The Morgan fingerprint density at radius 1 is 1.06 bits per heavy atom. The van der Waals surface area contributed by atoms with Crippen LogP contribution in [0.4, 0.5) is 11.4 Å². The fourth-order valence-electron chi connectivity index (χ4n) is 4.42. The Bertz CT molecular complexity index is 1240. The number of oxazole rings is 1. The maximum Gasteiger partial charge on any atom is 0.226 e. The minimum atomic E-state index is 0.310. The van der Waals surface area contributed by atoms with E-state index in [0.717, 1.165) is 52.2 Å². The zero-order valence-corrected chi connectivity index (χ0v) is 20.4. The second-order valence-electron chi connectivity index (χ2n) is 8.91. The Morgan fingerprint density at radius 3 is 2.50 bits per heavy atom. The third-order valence-electron chi connectivity index (χ3n) is 6.54. The number of benzene rings is 2. The predicted octanol–water partition coefficient (Wildman–Crippen LogP) is 8.08. The number of nitrogen functional groups attached to an aromatic ring is 1. The Morgan fingerprint density at radius 2 is 1.82 bits per heavy atom. The molecule has 2 atom stereocenters. The molecule has 2 N–H and O–H groups in total. The van der Waals surface area contributed by atoms with E-state index in [4.69, 9.17) is 19.6 Å². The number of furan rings is 1. The first-order valence-electron chi connectivity index (χ1n) is 12.0. The van der Waals surface area contributed by atoms with Gasteiger partial charge in [0.1, 0.15) is 0 Å². The van der Waals surface area contributed by atoms with Crippen molar-refractivity contribution in [2.24, 2.45) is 16.8 Å². The van der Waals surface area contributed by atoms with E-state index in [1.165, 1.54) is 6.42 Å². The van der Waals surface area contributed by atoms with Gasteiger partial charge in [-0.25, -0.2) is 4.98 Å². The second-order valence-corrected chi connectivity index (χ2v) is 8.91. The van der Waals surface area contributed by atoms with Gasteiger partial charge in [-0.1, -0.05) is 46.1 Å². The smallest absolute Gasteiger partial charge is 0.226 e. The molecule has 4 rings (SSSR count). The lowest BCUT2D eigenvalue weighted by Crippen LogP contribution is -2.21. The predicted molar refractivity (Wildman–Crippen MR) is 139 cm³/mol. The number of nitrogens with zero attached hydrogens (tertiary/aromatic N) is 2. The summed E-state index contributed by atoms with van der Waals surface area (Å²) in [5.41, 5.74) is 12.5. The Hall–Kier alpha value is -3.60. The summed E-state index contributed by atoms with van der Waals surface area (Å²) in [6.07, 6.45) is 8.72. The SMILES string of the molecule is CCCC(CC)C(C)C(=Nc1cc(-c2ncc(-c3ccc(N)cc3)o2)ccc1C)c1ccoc1. The average molecular weight is 456 g/mol. The van der Waals surface area contributed by atoms with E-state index in [1.54, 1.807) is 18.7 Å². The van der Waals surface area contributed by atoms with Gasteiger partial charge in [0.2, 0.25) is 5.89 Å². The molecular formula is C29H33N3O2. The van der Waals surface area contributed by atoms with Crippen LogP contribution in [0.5, 0.6) is 0 Å². The van der Waals surface area contributed by atoms with Crippen molar-refractivity contribution in [3.8, 4) is 22.8 Å². The van der Waals surface area contributed by atoms with Crippen LogP contribution >= 0.6 is 0 Å². The van der Waals surface area contributed by atoms with Crippen LogP contribution in [0.15, 0.2) is 81.1 Å². The summed E-state index contributed by atoms with van der Waals surface area (Å²) in [4.78, 5) is 9.71. The average Bonchev–Trinajstić information content (AvgIpc) is 3.55. The summed E-state index contributed by atoms with van der Waals surface area (Å²) in [7, 11) is 0. The van der Waals surface area contributed by atoms with E-state index in [2.05, 4.69) is 44.8 Å².